The van der Waals surface area contributed by atoms with Crippen molar-refractivity contribution in [3.8, 4) is 5.75 Å². The van der Waals surface area contributed by atoms with Crippen LogP contribution in [0.5, 0.6) is 5.75 Å². The third-order valence-electron chi connectivity index (χ3n) is 6.78. The van der Waals surface area contributed by atoms with E-state index in [0.717, 1.165) is 18.2 Å². The van der Waals surface area contributed by atoms with Gasteiger partial charge in [0.2, 0.25) is 17.2 Å². The SMILES string of the molecule is CCCC(=O)O[C@@]1(C)C(=O)C2=CN(C)[C@]3(CCCO3)[C@H](Oc3cc([N+](=O)[O-])cc([N+](=O)[O-])c3)C2=C(Cl)C1=O. The summed E-state index contributed by atoms with van der Waals surface area (Å²) in [4.78, 5) is 62.1. The summed E-state index contributed by atoms with van der Waals surface area (Å²) in [5.41, 5.74) is -4.82. The zero-order valence-corrected chi connectivity index (χ0v) is 21.5. The molecule has 38 heavy (non-hydrogen) atoms. The average molecular weight is 550 g/mol. The second kappa shape index (κ2) is 9.80. The monoisotopic (exact) mass is 549 g/mol. The highest BCUT2D eigenvalue weighted by Crippen LogP contribution is 2.48. The second-order valence-electron chi connectivity index (χ2n) is 9.29. The number of carbonyl (C=O) groups excluding carboxylic acids is 3. The van der Waals surface area contributed by atoms with Crippen LogP contribution in [0.15, 0.2) is 40.6 Å². The van der Waals surface area contributed by atoms with E-state index >= 15 is 0 Å². The summed E-state index contributed by atoms with van der Waals surface area (Å²) < 4.78 is 17.5. The van der Waals surface area contributed by atoms with Gasteiger partial charge >= 0.3 is 5.97 Å². The van der Waals surface area contributed by atoms with Crippen LogP contribution >= 0.6 is 11.6 Å². The minimum atomic E-state index is -2.21. The number of carbonyl (C=O) groups is 3. The van der Waals surface area contributed by atoms with Crippen molar-refractivity contribution in [2.45, 2.75) is 57.0 Å². The Bertz CT molecular complexity index is 1280. The van der Waals surface area contributed by atoms with E-state index in [9.17, 15) is 34.6 Å². The van der Waals surface area contributed by atoms with Crippen molar-refractivity contribution in [3.05, 3.63) is 60.8 Å². The normalized spacial score (nSPS) is 26.8. The molecular formula is C24H24ClN3O10. The molecule has 1 saturated heterocycles. The fraction of sp³-hybridized carbons (Fsp3) is 0.458. The van der Waals surface area contributed by atoms with Crippen LogP contribution < -0.4 is 4.74 Å². The first-order valence-corrected chi connectivity index (χ1v) is 12.1. The molecule has 0 saturated carbocycles. The van der Waals surface area contributed by atoms with Gasteiger partial charge in [0.25, 0.3) is 11.4 Å². The van der Waals surface area contributed by atoms with Crippen molar-refractivity contribution < 1.29 is 38.4 Å². The highest BCUT2D eigenvalue weighted by atomic mass is 35.5. The van der Waals surface area contributed by atoms with E-state index in [0.29, 0.717) is 25.9 Å². The van der Waals surface area contributed by atoms with E-state index in [1.807, 2.05) is 0 Å². The molecule has 1 aliphatic carbocycles. The topological polar surface area (TPSA) is 168 Å². The molecule has 2 aliphatic heterocycles. The Balaban J connectivity index is 1.88. The van der Waals surface area contributed by atoms with E-state index < -0.39 is 61.2 Å². The molecule has 0 bridgehead atoms. The maximum atomic E-state index is 13.7. The molecule has 202 valence electrons. The van der Waals surface area contributed by atoms with Crippen LogP contribution in [0.4, 0.5) is 11.4 Å². The first-order chi connectivity index (χ1) is 17.9. The summed E-state index contributed by atoms with van der Waals surface area (Å²) in [5.74, 6) is -2.80. The molecule has 0 unspecified atom stereocenters. The Morgan fingerprint density at radius 1 is 1.18 bits per heavy atom. The minimum Gasteiger partial charge on any atom is -0.480 e. The molecule has 14 heteroatoms. The summed E-state index contributed by atoms with van der Waals surface area (Å²) in [6.07, 6.45) is 1.47. The van der Waals surface area contributed by atoms with Gasteiger partial charge in [0.15, 0.2) is 11.8 Å². The Hall–Kier alpha value is -3.84. The number of nitro benzene ring substituents is 2. The van der Waals surface area contributed by atoms with Gasteiger partial charge < -0.3 is 19.1 Å². The lowest BCUT2D eigenvalue weighted by atomic mass is 9.74. The maximum Gasteiger partial charge on any atom is 0.307 e. The number of hydrogen-bond donors (Lipinski definition) is 0. The predicted octanol–water partition coefficient (Wildman–Crippen LogP) is 3.33. The molecule has 3 atom stereocenters. The lowest BCUT2D eigenvalue weighted by Gasteiger charge is -2.49. The Labute approximate surface area is 221 Å². The quantitative estimate of drug-likeness (QED) is 0.211. The van der Waals surface area contributed by atoms with Crippen LogP contribution in [-0.4, -0.2) is 63.4 Å². The van der Waals surface area contributed by atoms with Gasteiger partial charge in [0, 0.05) is 43.8 Å². The number of esters is 1. The fourth-order valence-electron chi connectivity index (χ4n) is 4.87. The summed E-state index contributed by atoms with van der Waals surface area (Å²) in [7, 11) is 1.61. The van der Waals surface area contributed by atoms with Crippen LogP contribution in [0.3, 0.4) is 0 Å². The lowest BCUT2D eigenvalue weighted by Crippen LogP contribution is -2.62. The van der Waals surface area contributed by atoms with E-state index in [1.54, 1.807) is 18.9 Å². The number of fused-ring (bicyclic) bond motifs is 1. The smallest absolute Gasteiger partial charge is 0.307 e. The van der Waals surface area contributed by atoms with Crippen LogP contribution in [0.25, 0.3) is 0 Å². The van der Waals surface area contributed by atoms with E-state index in [1.165, 1.54) is 13.1 Å². The maximum absolute atomic E-state index is 13.7. The number of ether oxygens (including phenoxy) is 3. The standard InChI is InChI=1S/C24H24ClN3O10/c1-4-6-17(29)38-23(2)20(30)16-12-26(3)24(7-5-8-36-24)22(18(16)19(25)21(23)31)37-15-10-13(27(32)33)9-14(11-15)28(34)35/h9-12,22H,4-8H2,1-3H3/t22-,23+,24+/m1/s1. The van der Waals surface area contributed by atoms with Crippen molar-refractivity contribution in [1.29, 1.82) is 0 Å². The van der Waals surface area contributed by atoms with Crippen molar-refractivity contribution in [1.82, 2.24) is 4.90 Å². The number of nitrogens with zero attached hydrogens (tertiary/aromatic N) is 3. The number of benzene rings is 1. The average Bonchev–Trinajstić information content (AvgIpc) is 3.35. The summed E-state index contributed by atoms with van der Waals surface area (Å²) >= 11 is 6.56. The minimum absolute atomic E-state index is 0.0163. The Morgan fingerprint density at radius 3 is 2.34 bits per heavy atom. The predicted molar refractivity (Wildman–Crippen MR) is 130 cm³/mol. The largest absolute Gasteiger partial charge is 0.480 e. The third kappa shape index (κ3) is 4.31. The van der Waals surface area contributed by atoms with Crippen LogP contribution in [-0.2, 0) is 23.9 Å². The van der Waals surface area contributed by atoms with Crippen LogP contribution in [0.1, 0.15) is 39.5 Å². The highest BCUT2D eigenvalue weighted by Gasteiger charge is 2.60. The Morgan fingerprint density at radius 2 is 1.82 bits per heavy atom. The van der Waals surface area contributed by atoms with Gasteiger partial charge in [-0.15, -0.1) is 0 Å². The first-order valence-electron chi connectivity index (χ1n) is 11.8. The number of likely N-dealkylation sites (N-methyl/N-ethyl adjacent to an activating group) is 1. The Kier molecular flexibility index (Phi) is 7.01. The number of halogens is 1. The van der Waals surface area contributed by atoms with Crippen molar-refractivity contribution in [2.24, 2.45) is 0 Å². The van der Waals surface area contributed by atoms with Gasteiger partial charge in [-0.2, -0.15) is 0 Å². The molecule has 1 aromatic carbocycles. The number of hydrogen-bond acceptors (Lipinski definition) is 11. The number of rotatable bonds is 7. The summed E-state index contributed by atoms with van der Waals surface area (Å²) in [6, 6.07) is 2.76. The number of non-ortho nitro benzene ring substituents is 2. The number of ketones is 2. The van der Waals surface area contributed by atoms with E-state index in [4.69, 9.17) is 25.8 Å². The number of Topliss-reactive ketones (excluding diaryl/α,β-unsaturated/α-hetero) is 2. The van der Waals surface area contributed by atoms with Gasteiger partial charge in [-0.1, -0.05) is 18.5 Å². The second-order valence-corrected chi connectivity index (χ2v) is 9.67. The molecule has 1 spiro atoms. The highest BCUT2D eigenvalue weighted by molar-refractivity contribution is 6.49. The van der Waals surface area contributed by atoms with Crippen molar-refractivity contribution in [2.75, 3.05) is 13.7 Å². The van der Waals surface area contributed by atoms with E-state index in [2.05, 4.69) is 0 Å². The molecule has 3 aliphatic rings. The zero-order chi connectivity index (χ0) is 28.0. The van der Waals surface area contributed by atoms with Gasteiger partial charge in [0.1, 0.15) is 5.75 Å². The molecule has 13 nitrogen and oxygen atoms in total. The van der Waals surface area contributed by atoms with Gasteiger partial charge in [-0.05, 0) is 19.8 Å². The fourth-order valence-corrected chi connectivity index (χ4v) is 5.25. The van der Waals surface area contributed by atoms with Crippen LogP contribution in [0.2, 0.25) is 0 Å². The van der Waals surface area contributed by atoms with Crippen LogP contribution in [0, 0.1) is 20.2 Å². The molecular weight excluding hydrogens is 526 g/mol. The van der Waals surface area contributed by atoms with Gasteiger partial charge in [0.05, 0.1) is 33.1 Å². The summed E-state index contributed by atoms with van der Waals surface area (Å²) in [6.45, 7) is 3.20. The molecule has 2 heterocycles. The molecule has 0 aromatic heterocycles. The zero-order valence-electron chi connectivity index (χ0n) is 20.7. The molecule has 4 rings (SSSR count). The molecule has 0 N–H and O–H groups in total. The lowest BCUT2D eigenvalue weighted by molar-refractivity contribution is -0.394. The molecule has 0 radical (unpaired) electrons. The first kappa shape index (κ1) is 27.2. The van der Waals surface area contributed by atoms with Crippen molar-refractivity contribution >= 4 is 40.5 Å². The van der Waals surface area contributed by atoms with E-state index in [-0.39, 0.29) is 23.3 Å². The van der Waals surface area contributed by atoms with Gasteiger partial charge in [-0.3, -0.25) is 34.6 Å². The molecule has 0 amide bonds. The number of nitro groups is 2. The van der Waals surface area contributed by atoms with Crippen molar-refractivity contribution in [3.63, 3.8) is 0 Å². The molecule has 1 aromatic rings. The van der Waals surface area contributed by atoms with Gasteiger partial charge in [-0.25, -0.2) is 0 Å². The third-order valence-corrected chi connectivity index (χ3v) is 7.16. The molecule has 1 fully saturated rings. The summed E-state index contributed by atoms with van der Waals surface area (Å²) in [5, 5.41) is 22.4.